The van der Waals surface area contributed by atoms with Gasteiger partial charge in [0.1, 0.15) is 6.10 Å². The van der Waals surface area contributed by atoms with Crippen molar-refractivity contribution >= 4 is 17.9 Å². The number of benzene rings is 1. The Balaban J connectivity index is 2.00. The molecule has 25 heavy (non-hydrogen) atoms. The first-order valence-corrected chi connectivity index (χ1v) is 9.40. The zero-order chi connectivity index (χ0) is 18.1. The number of anilines is 1. The highest BCUT2D eigenvalue weighted by atomic mass is 16.5. The molecule has 0 aliphatic carbocycles. The minimum atomic E-state index is -0.162. The van der Waals surface area contributed by atoms with Gasteiger partial charge in [0.25, 0.3) is 0 Å². The maximum absolute atomic E-state index is 11.4. The van der Waals surface area contributed by atoms with Crippen LogP contribution in [0.25, 0.3) is 0 Å². The Morgan fingerprint density at radius 1 is 1.32 bits per heavy atom. The van der Waals surface area contributed by atoms with Gasteiger partial charge in [-0.25, -0.2) is 0 Å². The van der Waals surface area contributed by atoms with E-state index in [1.807, 2.05) is 20.1 Å². The van der Waals surface area contributed by atoms with Crippen LogP contribution in [0.2, 0.25) is 0 Å². The smallest absolute Gasteiger partial charge is 0.305 e. The first kappa shape index (κ1) is 19.2. The number of carbonyl (C=O) groups is 1. The summed E-state index contributed by atoms with van der Waals surface area (Å²) in [6.07, 6.45) is 9.77. The van der Waals surface area contributed by atoms with Gasteiger partial charge in [-0.3, -0.25) is 9.79 Å². The molecular weight excluding hydrogens is 312 g/mol. The van der Waals surface area contributed by atoms with Gasteiger partial charge >= 0.3 is 5.97 Å². The summed E-state index contributed by atoms with van der Waals surface area (Å²) >= 11 is 0. The molecule has 136 valence electrons. The third-order valence-electron chi connectivity index (χ3n) is 4.27. The molecule has 1 unspecified atom stereocenters. The van der Waals surface area contributed by atoms with Crippen LogP contribution in [0, 0.1) is 0 Å². The predicted octanol–water partition coefficient (Wildman–Crippen LogP) is 4.88. The van der Waals surface area contributed by atoms with Crippen LogP contribution in [0.4, 0.5) is 5.69 Å². The largest absolute Gasteiger partial charge is 0.462 e. The summed E-state index contributed by atoms with van der Waals surface area (Å²) in [5.74, 6) is -0.162. The first-order valence-electron chi connectivity index (χ1n) is 9.40. The van der Waals surface area contributed by atoms with E-state index in [2.05, 4.69) is 47.3 Å². The number of aliphatic imine (C=N–C) groups is 1. The standard InChI is InChI=1S/C21H30N2O2/c1-4-6-7-9-18-10-8-11-20(15-18)23-13-12-22-19(16-23)14-17(3)25-21(24)5-2/h8,10-12,15-17H,4-7,9,13-14H2,1-3H3. The normalized spacial score (nSPS) is 15.0. The van der Waals surface area contributed by atoms with Crippen molar-refractivity contribution in [3.8, 4) is 0 Å². The average molecular weight is 342 g/mol. The molecule has 0 N–H and O–H groups in total. The molecule has 0 amide bonds. The Morgan fingerprint density at radius 3 is 2.92 bits per heavy atom. The molecule has 0 fully saturated rings. The second-order valence-electron chi connectivity index (χ2n) is 6.57. The maximum Gasteiger partial charge on any atom is 0.305 e. The Labute approximate surface area is 151 Å². The summed E-state index contributed by atoms with van der Waals surface area (Å²) in [6.45, 7) is 6.72. The van der Waals surface area contributed by atoms with Gasteiger partial charge in [-0.15, -0.1) is 0 Å². The molecule has 2 rings (SSSR count). The van der Waals surface area contributed by atoms with E-state index < -0.39 is 0 Å². The summed E-state index contributed by atoms with van der Waals surface area (Å²) < 4.78 is 5.35. The molecule has 0 saturated carbocycles. The first-order chi connectivity index (χ1) is 12.1. The number of hydrogen-bond acceptors (Lipinski definition) is 4. The van der Waals surface area contributed by atoms with Crippen LogP contribution in [-0.4, -0.2) is 24.8 Å². The summed E-state index contributed by atoms with van der Waals surface area (Å²) in [4.78, 5) is 18.1. The monoisotopic (exact) mass is 342 g/mol. The van der Waals surface area contributed by atoms with Crippen molar-refractivity contribution in [2.24, 2.45) is 4.99 Å². The molecule has 0 aromatic heterocycles. The Morgan fingerprint density at radius 2 is 2.16 bits per heavy atom. The van der Waals surface area contributed by atoms with Crippen molar-refractivity contribution in [2.45, 2.75) is 65.4 Å². The molecule has 0 radical (unpaired) electrons. The van der Waals surface area contributed by atoms with E-state index in [4.69, 9.17) is 4.74 Å². The Bertz CT molecular complexity index is 622. The summed E-state index contributed by atoms with van der Waals surface area (Å²) in [5, 5.41) is 0. The maximum atomic E-state index is 11.4. The van der Waals surface area contributed by atoms with E-state index in [0.29, 0.717) is 12.8 Å². The number of carbonyl (C=O) groups excluding carboxylic acids is 1. The highest BCUT2D eigenvalue weighted by molar-refractivity contribution is 5.71. The lowest BCUT2D eigenvalue weighted by molar-refractivity contribution is -0.147. The van der Waals surface area contributed by atoms with Crippen LogP contribution >= 0.6 is 0 Å². The van der Waals surface area contributed by atoms with E-state index in [9.17, 15) is 4.79 Å². The lowest BCUT2D eigenvalue weighted by Crippen LogP contribution is -2.23. The van der Waals surface area contributed by atoms with Crippen molar-refractivity contribution in [1.29, 1.82) is 0 Å². The lowest BCUT2D eigenvalue weighted by atomic mass is 10.1. The number of unbranched alkanes of at least 4 members (excludes halogenated alkanes) is 2. The molecule has 4 heteroatoms. The van der Waals surface area contributed by atoms with Crippen LogP contribution in [0.15, 0.2) is 41.2 Å². The molecule has 1 aliphatic heterocycles. The van der Waals surface area contributed by atoms with Crippen LogP contribution in [0.3, 0.4) is 0 Å². The third-order valence-corrected chi connectivity index (χ3v) is 4.27. The summed E-state index contributed by atoms with van der Waals surface area (Å²) in [5.41, 5.74) is 3.52. The highest BCUT2D eigenvalue weighted by Gasteiger charge is 2.14. The van der Waals surface area contributed by atoms with Gasteiger partial charge in [-0.1, -0.05) is 38.8 Å². The van der Waals surface area contributed by atoms with Gasteiger partial charge in [0.15, 0.2) is 0 Å². The summed E-state index contributed by atoms with van der Waals surface area (Å²) in [6, 6.07) is 8.73. The Kier molecular flexibility index (Phi) is 7.71. The molecule has 0 saturated heterocycles. The van der Waals surface area contributed by atoms with E-state index in [1.54, 1.807) is 0 Å². The van der Waals surface area contributed by atoms with Crippen LogP contribution in [-0.2, 0) is 16.0 Å². The molecule has 1 heterocycles. The number of nitrogens with zero attached hydrogens (tertiary/aromatic N) is 2. The van der Waals surface area contributed by atoms with Gasteiger partial charge < -0.3 is 9.64 Å². The van der Waals surface area contributed by atoms with E-state index in [1.165, 1.54) is 30.5 Å². The number of rotatable bonds is 9. The fourth-order valence-corrected chi connectivity index (χ4v) is 2.91. The van der Waals surface area contributed by atoms with Crippen molar-refractivity contribution in [2.75, 3.05) is 11.4 Å². The lowest BCUT2D eigenvalue weighted by Gasteiger charge is -2.24. The van der Waals surface area contributed by atoms with Gasteiger partial charge in [-0.2, -0.15) is 0 Å². The number of esters is 1. The van der Waals surface area contributed by atoms with E-state index in [0.717, 1.165) is 18.7 Å². The topological polar surface area (TPSA) is 41.9 Å². The molecular formula is C21H30N2O2. The minimum absolute atomic E-state index is 0.156. The molecule has 0 bridgehead atoms. The molecule has 1 aromatic rings. The van der Waals surface area contributed by atoms with Crippen LogP contribution < -0.4 is 4.90 Å². The predicted molar refractivity (Wildman–Crippen MR) is 104 cm³/mol. The molecule has 1 aliphatic rings. The van der Waals surface area contributed by atoms with E-state index in [-0.39, 0.29) is 12.1 Å². The van der Waals surface area contributed by atoms with Crippen molar-refractivity contribution in [3.05, 3.63) is 41.7 Å². The SMILES string of the molecule is CCCCCc1cccc(N2C=C(CC(C)OC(=O)CC)N=CC2)c1. The van der Waals surface area contributed by atoms with Crippen molar-refractivity contribution < 1.29 is 9.53 Å². The van der Waals surface area contributed by atoms with Crippen LogP contribution in [0.1, 0.15) is 58.4 Å². The number of ether oxygens (including phenoxy) is 1. The van der Waals surface area contributed by atoms with Crippen molar-refractivity contribution in [3.63, 3.8) is 0 Å². The minimum Gasteiger partial charge on any atom is -0.462 e. The van der Waals surface area contributed by atoms with E-state index >= 15 is 0 Å². The average Bonchev–Trinajstić information content (AvgIpc) is 2.62. The quantitative estimate of drug-likeness (QED) is 0.474. The molecule has 0 spiro atoms. The molecule has 1 aromatic carbocycles. The summed E-state index contributed by atoms with van der Waals surface area (Å²) in [7, 11) is 0. The Hall–Kier alpha value is -2.10. The van der Waals surface area contributed by atoms with Gasteiger partial charge in [0.2, 0.25) is 0 Å². The number of aryl methyl sites for hydroxylation is 1. The van der Waals surface area contributed by atoms with Crippen LogP contribution in [0.5, 0.6) is 0 Å². The second kappa shape index (κ2) is 10.0. The zero-order valence-corrected chi connectivity index (χ0v) is 15.7. The van der Waals surface area contributed by atoms with Crippen molar-refractivity contribution in [1.82, 2.24) is 0 Å². The third kappa shape index (κ3) is 6.37. The fraction of sp³-hybridized carbons (Fsp3) is 0.524. The molecule has 4 nitrogen and oxygen atoms in total. The molecule has 1 atom stereocenters. The zero-order valence-electron chi connectivity index (χ0n) is 15.7. The van der Waals surface area contributed by atoms with Gasteiger partial charge in [0.05, 0.1) is 12.2 Å². The number of hydrogen-bond donors (Lipinski definition) is 0. The fourth-order valence-electron chi connectivity index (χ4n) is 2.91. The van der Waals surface area contributed by atoms with Gasteiger partial charge in [-0.05, 0) is 37.5 Å². The van der Waals surface area contributed by atoms with Gasteiger partial charge in [0, 0.05) is 30.9 Å². The second-order valence-corrected chi connectivity index (χ2v) is 6.57. The highest BCUT2D eigenvalue weighted by Crippen LogP contribution is 2.22.